The molecule has 0 N–H and O–H groups in total. The van der Waals surface area contributed by atoms with Crippen LogP contribution in [0.25, 0.3) is 5.69 Å². The quantitative estimate of drug-likeness (QED) is 0.551. The molecule has 0 bridgehead atoms. The van der Waals surface area contributed by atoms with Crippen LogP contribution in [0.5, 0.6) is 5.75 Å². The molecule has 11 heteroatoms. The summed E-state index contributed by atoms with van der Waals surface area (Å²) in [5.74, 6) is 0.310. The molecule has 3 aromatic rings. The molecule has 1 aromatic carbocycles. The second kappa shape index (κ2) is 8.04. The Hall–Kier alpha value is -2.14. The van der Waals surface area contributed by atoms with Crippen LogP contribution < -0.4 is 4.74 Å². The lowest BCUT2D eigenvalue weighted by atomic mass is 10.3. The fraction of sp³-hybridized carbons (Fsp3) is 0.333. The van der Waals surface area contributed by atoms with Crippen LogP contribution in [0.2, 0.25) is 0 Å². The summed E-state index contributed by atoms with van der Waals surface area (Å²) in [6.45, 7) is 2.11. The number of halogens is 3. The molecule has 0 aliphatic heterocycles. The van der Waals surface area contributed by atoms with Crippen molar-refractivity contribution in [3.63, 3.8) is 0 Å². The van der Waals surface area contributed by atoms with Gasteiger partial charge in [0.05, 0.1) is 16.4 Å². The minimum Gasteiger partial charge on any atom is -0.406 e. The molecule has 0 amide bonds. The number of benzene rings is 1. The first-order chi connectivity index (χ1) is 12.4. The Morgan fingerprint density at radius 3 is 2.69 bits per heavy atom. The van der Waals surface area contributed by atoms with Gasteiger partial charge in [0.1, 0.15) is 5.75 Å². The van der Waals surface area contributed by atoms with E-state index in [9.17, 15) is 13.2 Å². The molecule has 3 rings (SSSR count). The van der Waals surface area contributed by atoms with E-state index in [0.29, 0.717) is 16.6 Å². The lowest BCUT2D eigenvalue weighted by molar-refractivity contribution is -0.274. The van der Waals surface area contributed by atoms with Gasteiger partial charge in [0.15, 0.2) is 0 Å². The van der Waals surface area contributed by atoms with Gasteiger partial charge in [0.25, 0.3) is 0 Å². The molecule has 0 aliphatic rings. The molecule has 0 radical (unpaired) electrons. The number of aryl methyl sites for hydroxylation is 1. The molecule has 2 heterocycles. The molecule has 0 saturated heterocycles. The topological polar surface area (TPSA) is 65.7 Å². The van der Waals surface area contributed by atoms with Crippen molar-refractivity contribution in [2.75, 3.05) is 0 Å². The van der Waals surface area contributed by atoms with Crippen LogP contribution in [0.3, 0.4) is 0 Å². The molecule has 26 heavy (non-hydrogen) atoms. The number of alkyl halides is 3. The van der Waals surface area contributed by atoms with Crippen molar-refractivity contribution in [2.24, 2.45) is 0 Å². The lowest BCUT2D eigenvalue weighted by Crippen LogP contribution is -2.17. The molecule has 6 nitrogen and oxygen atoms in total. The fourth-order valence-corrected chi connectivity index (χ4v) is 3.89. The van der Waals surface area contributed by atoms with Crippen LogP contribution in [0, 0.1) is 0 Å². The minimum absolute atomic E-state index is 0.297. The summed E-state index contributed by atoms with van der Waals surface area (Å²) in [6, 6.07) is 5.36. The molecule has 0 spiro atoms. The van der Waals surface area contributed by atoms with E-state index in [1.165, 1.54) is 40.7 Å². The number of thiazole rings is 1. The van der Waals surface area contributed by atoms with Crippen molar-refractivity contribution in [1.82, 2.24) is 25.2 Å². The van der Waals surface area contributed by atoms with Crippen molar-refractivity contribution in [3.8, 4) is 11.4 Å². The Bertz CT molecular complexity index is 848. The Labute approximate surface area is 155 Å². The van der Waals surface area contributed by atoms with Crippen molar-refractivity contribution >= 4 is 23.1 Å². The van der Waals surface area contributed by atoms with Crippen molar-refractivity contribution in [2.45, 2.75) is 37.0 Å². The van der Waals surface area contributed by atoms with Crippen LogP contribution >= 0.6 is 23.1 Å². The molecule has 2 aromatic heterocycles. The third kappa shape index (κ3) is 4.94. The van der Waals surface area contributed by atoms with Gasteiger partial charge in [-0.3, -0.25) is 0 Å². The van der Waals surface area contributed by atoms with E-state index in [-0.39, 0.29) is 5.75 Å². The van der Waals surface area contributed by atoms with Gasteiger partial charge in [0.2, 0.25) is 5.16 Å². The zero-order valence-corrected chi connectivity index (χ0v) is 15.2. The normalized spacial score (nSPS) is 11.7. The highest BCUT2D eigenvalue weighted by Gasteiger charge is 2.31. The van der Waals surface area contributed by atoms with Crippen LogP contribution in [0.4, 0.5) is 13.2 Å². The lowest BCUT2D eigenvalue weighted by Gasteiger charge is -2.09. The summed E-state index contributed by atoms with van der Waals surface area (Å²) in [5, 5.41) is 15.1. The molecule has 0 unspecified atom stereocenters. The third-order valence-corrected chi connectivity index (χ3v) is 5.08. The summed E-state index contributed by atoms with van der Waals surface area (Å²) in [6.07, 6.45) is -2.71. The first-order valence-corrected chi connectivity index (χ1v) is 9.52. The second-order valence-corrected chi connectivity index (χ2v) is 7.07. The SMILES string of the molecule is CCCc1nc(CSc2nnnn2-c2ccc(OC(F)(F)F)cc2)cs1. The van der Waals surface area contributed by atoms with Gasteiger partial charge in [-0.25, -0.2) is 4.98 Å². The third-order valence-electron chi connectivity index (χ3n) is 3.17. The maximum atomic E-state index is 12.2. The zero-order valence-electron chi connectivity index (χ0n) is 13.6. The number of hydrogen-bond acceptors (Lipinski definition) is 7. The second-order valence-electron chi connectivity index (χ2n) is 5.19. The maximum Gasteiger partial charge on any atom is 0.573 e. The highest BCUT2D eigenvalue weighted by atomic mass is 32.2. The molecule has 0 fully saturated rings. The average molecular weight is 401 g/mol. The Balaban J connectivity index is 1.67. The van der Waals surface area contributed by atoms with E-state index in [1.54, 1.807) is 11.3 Å². The van der Waals surface area contributed by atoms with E-state index >= 15 is 0 Å². The standard InChI is InChI=1S/C15H14F3N5OS2/c1-2-3-13-19-10(8-25-13)9-26-14-20-21-22-23(14)11-4-6-12(7-5-11)24-15(16,17)18/h4-8H,2-3,9H2,1H3. The van der Waals surface area contributed by atoms with Gasteiger partial charge in [-0.05, 0) is 47.5 Å². The summed E-state index contributed by atoms with van der Waals surface area (Å²) in [4.78, 5) is 4.54. The van der Waals surface area contributed by atoms with Gasteiger partial charge in [-0.15, -0.1) is 29.6 Å². The molecular weight excluding hydrogens is 387 g/mol. The number of nitrogens with zero attached hydrogens (tertiary/aromatic N) is 5. The number of tetrazole rings is 1. The van der Waals surface area contributed by atoms with Gasteiger partial charge < -0.3 is 4.74 Å². The Morgan fingerprint density at radius 2 is 2.00 bits per heavy atom. The van der Waals surface area contributed by atoms with Crippen molar-refractivity contribution < 1.29 is 17.9 Å². The van der Waals surface area contributed by atoms with Crippen LogP contribution in [0.15, 0.2) is 34.8 Å². The van der Waals surface area contributed by atoms with E-state index in [2.05, 4.69) is 32.2 Å². The highest BCUT2D eigenvalue weighted by molar-refractivity contribution is 7.98. The number of hydrogen-bond donors (Lipinski definition) is 0. The smallest absolute Gasteiger partial charge is 0.406 e. The van der Waals surface area contributed by atoms with E-state index in [4.69, 9.17) is 0 Å². The van der Waals surface area contributed by atoms with Crippen LogP contribution in [0.1, 0.15) is 24.0 Å². The first kappa shape index (κ1) is 18.6. The largest absolute Gasteiger partial charge is 0.573 e. The highest BCUT2D eigenvalue weighted by Crippen LogP contribution is 2.26. The zero-order chi connectivity index (χ0) is 18.6. The van der Waals surface area contributed by atoms with Crippen LogP contribution in [-0.4, -0.2) is 31.6 Å². The van der Waals surface area contributed by atoms with Gasteiger partial charge in [-0.2, -0.15) is 4.68 Å². The van der Waals surface area contributed by atoms with E-state index in [1.807, 2.05) is 5.38 Å². The summed E-state index contributed by atoms with van der Waals surface area (Å²) in [7, 11) is 0. The number of rotatable bonds is 7. The Kier molecular flexibility index (Phi) is 5.77. The van der Waals surface area contributed by atoms with Crippen molar-refractivity contribution in [3.05, 3.63) is 40.3 Å². The molecule has 138 valence electrons. The van der Waals surface area contributed by atoms with E-state index < -0.39 is 6.36 Å². The summed E-state index contributed by atoms with van der Waals surface area (Å²) < 4.78 is 42.0. The monoisotopic (exact) mass is 401 g/mol. The molecule has 0 aliphatic carbocycles. The predicted octanol–water partition coefficient (Wildman–Crippen LogP) is 4.26. The van der Waals surface area contributed by atoms with Crippen molar-refractivity contribution in [1.29, 1.82) is 0 Å². The van der Waals surface area contributed by atoms with Crippen LogP contribution in [-0.2, 0) is 12.2 Å². The minimum atomic E-state index is -4.72. The number of thioether (sulfide) groups is 1. The fourth-order valence-electron chi connectivity index (χ4n) is 2.10. The van der Waals surface area contributed by atoms with E-state index in [0.717, 1.165) is 23.5 Å². The van der Waals surface area contributed by atoms with Gasteiger partial charge in [0, 0.05) is 11.1 Å². The molecule has 0 atom stereocenters. The summed E-state index contributed by atoms with van der Waals surface area (Å²) >= 11 is 3.04. The predicted molar refractivity (Wildman–Crippen MR) is 91.5 cm³/mol. The van der Waals surface area contributed by atoms with Gasteiger partial charge >= 0.3 is 6.36 Å². The first-order valence-electron chi connectivity index (χ1n) is 7.65. The molecular formula is C15H14F3N5OS2. The number of ether oxygens (including phenoxy) is 1. The summed E-state index contributed by atoms with van der Waals surface area (Å²) in [5.41, 5.74) is 1.49. The Morgan fingerprint density at radius 1 is 1.23 bits per heavy atom. The maximum absolute atomic E-state index is 12.2. The number of aromatic nitrogens is 5. The average Bonchev–Trinajstić information content (AvgIpc) is 3.22. The molecule has 0 saturated carbocycles. The van der Waals surface area contributed by atoms with Gasteiger partial charge in [-0.1, -0.05) is 18.7 Å².